The normalized spacial score (nSPS) is 11.3. The molecular weight excluding hydrogens is 252 g/mol. The van der Waals surface area contributed by atoms with Gasteiger partial charge in [-0.05, 0) is 32.6 Å². The van der Waals surface area contributed by atoms with Crippen LogP contribution in [-0.2, 0) is 0 Å². The summed E-state index contributed by atoms with van der Waals surface area (Å²) in [5.74, 6) is 0. The molecule has 0 amide bonds. The van der Waals surface area contributed by atoms with Crippen molar-refractivity contribution in [2.24, 2.45) is 0 Å². The molecule has 0 saturated carbocycles. The minimum absolute atomic E-state index is 1.20. The standard InChI is InChI=1S/C21H40/c1-3-5-7-9-11-13-15-17-19-21-20-18-16-14-12-10-8-6-4-2/h3-4,6H,1,5,7-21H2,2H3. The molecule has 0 radical (unpaired) electrons. The van der Waals surface area contributed by atoms with E-state index in [0.29, 0.717) is 0 Å². The molecule has 0 heteroatoms. The largest absolute Gasteiger partial charge is 0.103 e. The highest BCUT2D eigenvalue weighted by molar-refractivity contribution is 4.76. The molecule has 0 bridgehead atoms. The van der Waals surface area contributed by atoms with Crippen molar-refractivity contribution in [3.8, 4) is 0 Å². The van der Waals surface area contributed by atoms with Crippen LogP contribution in [0.2, 0.25) is 0 Å². The molecule has 0 aliphatic rings. The van der Waals surface area contributed by atoms with Gasteiger partial charge in [0.25, 0.3) is 0 Å². The van der Waals surface area contributed by atoms with E-state index in [1.165, 1.54) is 103 Å². The van der Waals surface area contributed by atoms with Crippen LogP contribution < -0.4 is 0 Å². The molecule has 0 aromatic carbocycles. The van der Waals surface area contributed by atoms with E-state index in [9.17, 15) is 0 Å². The molecule has 0 aromatic rings. The first-order valence-corrected chi connectivity index (χ1v) is 9.64. The topological polar surface area (TPSA) is 0 Å². The van der Waals surface area contributed by atoms with Gasteiger partial charge in [0, 0.05) is 0 Å². The Morgan fingerprint density at radius 2 is 0.857 bits per heavy atom. The van der Waals surface area contributed by atoms with Crippen molar-refractivity contribution in [3.05, 3.63) is 24.8 Å². The Kier molecular flexibility index (Phi) is 19.0. The average Bonchev–Trinajstić information content (AvgIpc) is 2.50. The van der Waals surface area contributed by atoms with Gasteiger partial charge in [-0.1, -0.05) is 95.3 Å². The Labute approximate surface area is 135 Å². The maximum atomic E-state index is 3.77. The monoisotopic (exact) mass is 292 g/mol. The van der Waals surface area contributed by atoms with Gasteiger partial charge in [-0.3, -0.25) is 0 Å². The molecule has 124 valence electrons. The fraction of sp³-hybridized carbons (Fsp3) is 0.810. The van der Waals surface area contributed by atoms with Crippen molar-refractivity contribution in [1.82, 2.24) is 0 Å². The Morgan fingerprint density at radius 1 is 0.524 bits per heavy atom. The fourth-order valence-corrected chi connectivity index (χ4v) is 2.84. The van der Waals surface area contributed by atoms with Crippen molar-refractivity contribution in [3.63, 3.8) is 0 Å². The second-order valence-corrected chi connectivity index (χ2v) is 6.38. The zero-order valence-electron chi connectivity index (χ0n) is 14.8. The highest BCUT2D eigenvalue weighted by Gasteiger charge is 1.94. The van der Waals surface area contributed by atoms with Crippen molar-refractivity contribution in [1.29, 1.82) is 0 Å². The first-order chi connectivity index (χ1) is 10.4. The lowest BCUT2D eigenvalue weighted by Crippen LogP contribution is -1.83. The summed E-state index contributed by atoms with van der Waals surface area (Å²) < 4.78 is 0. The van der Waals surface area contributed by atoms with Crippen molar-refractivity contribution in [2.75, 3.05) is 0 Å². The SMILES string of the molecule is C=CCCCCCCCCCCCCCCCCC=CC. The third-order valence-corrected chi connectivity index (χ3v) is 4.26. The average molecular weight is 293 g/mol. The number of unbranched alkanes of at least 4 members (excludes halogenated alkanes) is 15. The molecule has 0 unspecified atom stereocenters. The van der Waals surface area contributed by atoms with Crippen LogP contribution in [0.4, 0.5) is 0 Å². The molecule has 0 atom stereocenters. The summed E-state index contributed by atoms with van der Waals surface area (Å²) in [5.41, 5.74) is 0. The van der Waals surface area contributed by atoms with E-state index in [4.69, 9.17) is 0 Å². The predicted molar refractivity (Wildman–Crippen MR) is 98.9 cm³/mol. The lowest BCUT2D eigenvalue weighted by atomic mass is 10.0. The van der Waals surface area contributed by atoms with E-state index in [1.54, 1.807) is 0 Å². The lowest BCUT2D eigenvalue weighted by Gasteiger charge is -2.03. The van der Waals surface area contributed by atoms with Gasteiger partial charge >= 0.3 is 0 Å². The van der Waals surface area contributed by atoms with Gasteiger partial charge in [0.05, 0.1) is 0 Å². The molecule has 0 aliphatic carbocycles. The van der Waals surface area contributed by atoms with Crippen molar-refractivity contribution < 1.29 is 0 Å². The molecular formula is C21H40. The van der Waals surface area contributed by atoms with Crippen LogP contribution in [0.15, 0.2) is 24.8 Å². The second kappa shape index (κ2) is 19.5. The molecule has 0 rings (SSSR count). The molecule has 0 spiro atoms. The van der Waals surface area contributed by atoms with Gasteiger partial charge in [0.15, 0.2) is 0 Å². The molecule has 21 heavy (non-hydrogen) atoms. The molecule has 0 nitrogen and oxygen atoms in total. The minimum Gasteiger partial charge on any atom is -0.103 e. The van der Waals surface area contributed by atoms with E-state index in [0.717, 1.165) is 0 Å². The molecule has 0 aromatic heterocycles. The summed E-state index contributed by atoms with van der Waals surface area (Å²) in [7, 11) is 0. The van der Waals surface area contributed by atoms with Crippen LogP contribution in [0.3, 0.4) is 0 Å². The van der Waals surface area contributed by atoms with E-state index >= 15 is 0 Å². The quantitative estimate of drug-likeness (QED) is 0.188. The molecule has 0 saturated heterocycles. The minimum atomic E-state index is 1.20. The number of rotatable bonds is 17. The summed E-state index contributed by atoms with van der Waals surface area (Å²) >= 11 is 0. The van der Waals surface area contributed by atoms with Crippen molar-refractivity contribution >= 4 is 0 Å². The number of hydrogen-bond acceptors (Lipinski definition) is 0. The van der Waals surface area contributed by atoms with Crippen LogP contribution in [0, 0.1) is 0 Å². The van der Waals surface area contributed by atoms with E-state index in [-0.39, 0.29) is 0 Å². The smallest absolute Gasteiger partial charge is 0.0351 e. The molecule has 0 N–H and O–H groups in total. The highest BCUT2D eigenvalue weighted by Crippen LogP contribution is 2.13. The zero-order valence-corrected chi connectivity index (χ0v) is 14.8. The Morgan fingerprint density at radius 3 is 1.19 bits per heavy atom. The fourth-order valence-electron chi connectivity index (χ4n) is 2.84. The maximum Gasteiger partial charge on any atom is -0.0351 e. The Balaban J connectivity index is 2.94. The third-order valence-electron chi connectivity index (χ3n) is 4.26. The predicted octanol–water partition coefficient (Wildman–Crippen LogP) is 7.99. The maximum absolute atomic E-state index is 3.77. The lowest BCUT2D eigenvalue weighted by molar-refractivity contribution is 0.534. The van der Waals surface area contributed by atoms with Crippen molar-refractivity contribution in [2.45, 2.75) is 110 Å². The van der Waals surface area contributed by atoms with Gasteiger partial charge < -0.3 is 0 Å². The summed E-state index contributed by atoms with van der Waals surface area (Å²) in [5, 5.41) is 0. The van der Waals surface area contributed by atoms with E-state index in [1.807, 2.05) is 6.08 Å². The zero-order chi connectivity index (χ0) is 15.4. The van der Waals surface area contributed by atoms with Gasteiger partial charge in [0.2, 0.25) is 0 Å². The Hall–Kier alpha value is -0.520. The summed E-state index contributed by atoms with van der Waals surface area (Å²) in [6, 6.07) is 0. The molecule has 0 heterocycles. The highest BCUT2D eigenvalue weighted by atomic mass is 14.0. The summed E-state index contributed by atoms with van der Waals surface area (Å²) in [4.78, 5) is 0. The van der Waals surface area contributed by atoms with Gasteiger partial charge in [-0.25, -0.2) is 0 Å². The van der Waals surface area contributed by atoms with Gasteiger partial charge in [-0.15, -0.1) is 6.58 Å². The van der Waals surface area contributed by atoms with E-state index in [2.05, 4.69) is 25.7 Å². The summed E-state index contributed by atoms with van der Waals surface area (Å²) in [6.45, 7) is 5.88. The van der Waals surface area contributed by atoms with E-state index < -0.39 is 0 Å². The van der Waals surface area contributed by atoms with Gasteiger partial charge in [-0.2, -0.15) is 0 Å². The number of allylic oxidation sites excluding steroid dienone is 3. The van der Waals surface area contributed by atoms with Crippen LogP contribution in [0.5, 0.6) is 0 Å². The van der Waals surface area contributed by atoms with Gasteiger partial charge in [0.1, 0.15) is 0 Å². The third kappa shape index (κ3) is 19.5. The first-order valence-electron chi connectivity index (χ1n) is 9.64. The number of hydrogen-bond donors (Lipinski definition) is 0. The molecule has 0 fully saturated rings. The van der Waals surface area contributed by atoms with Crippen LogP contribution in [0.1, 0.15) is 110 Å². The molecule has 0 aliphatic heterocycles. The summed E-state index contributed by atoms with van der Waals surface area (Å²) in [6.07, 6.45) is 29.1. The first kappa shape index (κ1) is 20.5. The van der Waals surface area contributed by atoms with Crippen LogP contribution >= 0.6 is 0 Å². The Bertz CT molecular complexity index is 214. The van der Waals surface area contributed by atoms with Crippen LogP contribution in [-0.4, -0.2) is 0 Å². The second-order valence-electron chi connectivity index (χ2n) is 6.38. The van der Waals surface area contributed by atoms with Crippen LogP contribution in [0.25, 0.3) is 0 Å².